The number of fused-ring (bicyclic) bond motifs is 2. The van der Waals surface area contributed by atoms with Crippen molar-refractivity contribution in [3.05, 3.63) is 47.9 Å². The average molecular weight is 368 g/mol. The Bertz CT molecular complexity index is 820. The number of piperidine rings is 2. The molecule has 0 saturated carbocycles. The summed E-state index contributed by atoms with van der Waals surface area (Å²) in [6, 6.07) is 10.3. The van der Waals surface area contributed by atoms with E-state index in [0.29, 0.717) is 24.5 Å². The average Bonchev–Trinajstić information content (AvgIpc) is 3.39. The summed E-state index contributed by atoms with van der Waals surface area (Å²) in [7, 11) is 0. The fraction of sp³-hybridized carbons (Fsp3) is 0.476. The van der Waals surface area contributed by atoms with Crippen molar-refractivity contribution in [3.8, 4) is 11.5 Å². The van der Waals surface area contributed by atoms with Gasteiger partial charge in [-0.3, -0.25) is 9.69 Å². The van der Waals surface area contributed by atoms with Crippen LogP contribution in [0.25, 0.3) is 0 Å². The Morgan fingerprint density at radius 3 is 2.93 bits per heavy atom. The number of furan rings is 1. The Labute approximate surface area is 158 Å². The molecule has 1 aromatic heterocycles. The first kappa shape index (κ1) is 16.7. The van der Waals surface area contributed by atoms with E-state index in [0.717, 1.165) is 44.1 Å². The Balaban J connectivity index is 1.26. The highest BCUT2D eigenvalue weighted by Crippen LogP contribution is 2.35. The van der Waals surface area contributed by atoms with Crippen molar-refractivity contribution < 1.29 is 18.7 Å². The molecule has 2 saturated heterocycles. The Morgan fingerprint density at radius 1 is 1.11 bits per heavy atom. The first-order chi connectivity index (χ1) is 13.3. The maximum Gasteiger partial charge on any atom is 0.289 e. The number of benzene rings is 1. The third-order valence-corrected chi connectivity index (χ3v) is 6.02. The van der Waals surface area contributed by atoms with E-state index < -0.39 is 0 Å². The molecule has 3 aliphatic heterocycles. The number of likely N-dealkylation sites (tertiary alicyclic amines) is 2. The van der Waals surface area contributed by atoms with Crippen LogP contribution in [0.4, 0.5) is 0 Å². The number of ether oxygens (including phenoxy) is 2. The number of hydrogen-bond donors (Lipinski definition) is 0. The quantitative estimate of drug-likeness (QED) is 0.833. The number of hydrogen-bond acceptors (Lipinski definition) is 5. The van der Waals surface area contributed by atoms with Crippen LogP contribution in [0.2, 0.25) is 0 Å². The summed E-state index contributed by atoms with van der Waals surface area (Å²) in [6.45, 7) is 3.96. The third kappa shape index (κ3) is 3.18. The van der Waals surface area contributed by atoms with Gasteiger partial charge in [-0.25, -0.2) is 0 Å². The topological polar surface area (TPSA) is 55.2 Å². The zero-order chi connectivity index (χ0) is 18.2. The fourth-order valence-electron chi connectivity index (χ4n) is 4.72. The summed E-state index contributed by atoms with van der Waals surface area (Å²) < 4.78 is 16.2. The lowest BCUT2D eigenvalue weighted by molar-refractivity contribution is 0.0161. The summed E-state index contributed by atoms with van der Waals surface area (Å²) in [5, 5.41) is 0. The third-order valence-electron chi connectivity index (χ3n) is 6.02. The normalized spacial score (nSPS) is 24.7. The maximum atomic E-state index is 12.6. The van der Waals surface area contributed by atoms with Crippen LogP contribution < -0.4 is 9.47 Å². The van der Waals surface area contributed by atoms with Crippen LogP contribution in [0.5, 0.6) is 11.5 Å². The lowest BCUT2D eigenvalue weighted by Gasteiger charge is -2.47. The van der Waals surface area contributed by atoms with Gasteiger partial charge in [0.05, 0.1) is 6.26 Å². The second-order valence-corrected chi connectivity index (χ2v) is 7.64. The molecule has 2 fully saturated rings. The highest BCUT2D eigenvalue weighted by atomic mass is 16.7. The van der Waals surface area contributed by atoms with Gasteiger partial charge in [-0.1, -0.05) is 6.07 Å². The molecule has 2 atom stereocenters. The van der Waals surface area contributed by atoms with E-state index in [1.54, 1.807) is 18.4 Å². The Hall–Kier alpha value is -2.47. The molecule has 1 aromatic carbocycles. The zero-order valence-electron chi connectivity index (χ0n) is 15.3. The molecule has 6 nitrogen and oxygen atoms in total. The minimum Gasteiger partial charge on any atom is -0.459 e. The van der Waals surface area contributed by atoms with Crippen molar-refractivity contribution in [2.24, 2.45) is 5.92 Å². The standard InChI is InChI=1S/C21H24N2O4/c24-21(19-4-2-10-25-19)23-9-7-17-16(13-23)3-1-8-22(17)12-15-5-6-18-20(11-15)27-14-26-18/h2,4-6,10-11,16-17H,1,3,7-9,12-14H2/t16-,17+/m1/s1. The molecule has 0 radical (unpaired) electrons. The van der Waals surface area contributed by atoms with Crippen LogP contribution in [-0.2, 0) is 6.54 Å². The summed E-state index contributed by atoms with van der Waals surface area (Å²) in [5.41, 5.74) is 1.26. The lowest BCUT2D eigenvalue weighted by atomic mass is 9.83. The molecule has 0 spiro atoms. The molecule has 4 heterocycles. The molecule has 0 unspecified atom stereocenters. The molecule has 142 valence electrons. The predicted molar refractivity (Wildman–Crippen MR) is 98.7 cm³/mol. The fourth-order valence-corrected chi connectivity index (χ4v) is 4.72. The van der Waals surface area contributed by atoms with Gasteiger partial charge in [0, 0.05) is 25.7 Å². The summed E-state index contributed by atoms with van der Waals surface area (Å²) in [5.74, 6) is 2.67. The molecule has 0 N–H and O–H groups in total. The van der Waals surface area contributed by atoms with Gasteiger partial charge >= 0.3 is 0 Å². The molecule has 0 aliphatic carbocycles. The smallest absolute Gasteiger partial charge is 0.289 e. The zero-order valence-corrected chi connectivity index (χ0v) is 15.3. The van der Waals surface area contributed by atoms with Crippen molar-refractivity contribution in [1.82, 2.24) is 9.80 Å². The predicted octanol–water partition coefficient (Wildman–Crippen LogP) is 3.14. The number of nitrogens with zero attached hydrogens (tertiary/aromatic N) is 2. The van der Waals surface area contributed by atoms with E-state index in [1.165, 1.54) is 18.4 Å². The molecule has 3 aliphatic rings. The van der Waals surface area contributed by atoms with Gasteiger partial charge in [-0.05, 0) is 61.6 Å². The van der Waals surface area contributed by atoms with Gasteiger partial charge in [-0.15, -0.1) is 0 Å². The summed E-state index contributed by atoms with van der Waals surface area (Å²) in [6.07, 6.45) is 4.94. The lowest BCUT2D eigenvalue weighted by Crippen LogP contribution is -2.54. The van der Waals surface area contributed by atoms with Gasteiger partial charge in [-0.2, -0.15) is 0 Å². The molecule has 27 heavy (non-hydrogen) atoms. The van der Waals surface area contributed by atoms with E-state index in [1.807, 2.05) is 11.0 Å². The minimum absolute atomic E-state index is 0.0198. The number of rotatable bonds is 3. The number of carbonyl (C=O) groups excluding carboxylic acids is 1. The highest BCUT2D eigenvalue weighted by molar-refractivity contribution is 5.91. The van der Waals surface area contributed by atoms with Crippen LogP contribution in [0.1, 0.15) is 35.4 Å². The van der Waals surface area contributed by atoms with Gasteiger partial charge < -0.3 is 18.8 Å². The van der Waals surface area contributed by atoms with E-state index in [9.17, 15) is 4.79 Å². The van der Waals surface area contributed by atoms with Gasteiger partial charge in [0.1, 0.15) is 0 Å². The Morgan fingerprint density at radius 2 is 2.04 bits per heavy atom. The largest absolute Gasteiger partial charge is 0.459 e. The second kappa shape index (κ2) is 6.93. The van der Waals surface area contributed by atoms with Crippen LogP contribution in [0.3, 0.4) is 0 Å². The van der Waals surface area contributed by atoms with Crippen molar-refractivity contribution in [2.75, 3.05) is 26.4 Å². The minimum atomic E-state index is 0.0198. The van der Waals surface area contributed by atoms with Crippen molar-refractivity contribution in [3.63, 3.8) is 0 Å². The van der Waals surface area contributed by atoms with E-state index in [4.69, 9.17) is 13.9 Å². The van der Waals surface area contributed by atoms with Gasteiger partial charge in [0.15, 0.2) is 17.3 Å². The first-order valence-corrected chi connectivity index (χ1v) is 9.73. The van der Waals surface area contributed by atoms with E-state index >= 15 is 0 Å². The molecular formula is C21H24N2O4. The van der Waals surface area contributed by atoms with Crippen molar-refractivity contribution in [1.29, 1.82) is 0 Å². The van der Waals surface area contributed by atoms with Crippen LogP contribution in [-0.4, -0.2) is 48.2 Å². The molecular weight excluding hydrogens is 344 g/mol. The van der Waals surface area contributed by atoms with E-state index in [2.05, 4.69) is 17.0 Å². The Kier molecular flexibility index (Phi) is 4.28. The molecule has 0 bridgehead atoms. The highest BCUT2D eigenvalue weighted by Gasteiger charge is 2.37. The summed E-state index contributed by atoms with van der Waals surface area (Å²) >= 11 is 0. The number of amides is 1. The molecule has 2 aromatic rings. The van der Waals surface area contributed by atoms with Gasteiger partial charge in [0.25, 0.3) is 5.91 Å². The van der Waals surface area contributed by atoms with Crippen LogP contribution in [0.15, 0.2) is 41.0 Å². The van der Waals surface area contributed by atoms with Gasteiger partial charge in [0.2, 0.25) is 6.79 Å². The van der Waals surface area contributed by atoms with Crippen molar-refractivity contribution >= 4 is 5.91 Å². The SMILES string of the molecule is O=C(c1ccco1)N1CC[C@H]2[C@H](CCCN2Cc2ccc3c(c2)OCO3)C1. The first-order valence-electron chi connectivity index (χ1n) is 9.73. The molecule has 6 heteroatoms. The maximum absolute atomic E-state index is 12.6. The van der Waals surface area contributed by atoms with E-state index in [-0.39, 0.29) is 5.91 Å². The van der Waals surface area contributed by atoms with Crippen LogP contribution >= 0.6 is 0 Å². The van der Waals surface area contributed by atoms with Crippen LogP contribution in [0, 0.1) is 5.92 Å². The monoisotopic (exact) mass is 368 g/mol. The molecule has 5 rings (SSSR count). The summed E-state index contributed by atoms with van der Waals surface area (Å²) in [4.78, 5) is 17.2. The second-order valence-electron chi connectivity index (χ2n) is 7.64. The number of carbonyl (C=O) groups is 1. The van der Waals surface area contributed by atoms with Crippen molar-refractivity contribution in [2.45, 2.75) is 31.8 Å². The molecule has 1 amide bonds.